The maximum atomic E-state index is 12.5. The summed E-state index contributed by atoms with van der Waals surface area (Å²) in [7, 11) is 3.17. The Balaban J connectivity index is 1.38. The van der Waals surface area contributed by atoms with E-state index in [4.69, 9.17) is 14.2 Å². The maximum absolute atomic E-state index is 12.5. The molecule has 0 spiro atoms. The Morgan fingerprint density at radius 3 is 2.66 bits per heavy atom. The van der Waals surface area contributed by atoms with Crippen molar-refractivity contribution in [3.63, 3.8) is 0 Å². The second-order valence-corrected chi connectivity index (χ2v) is 9.17. The van der Waals surface area contributed by atoms with Crippen LogP contribution in [0.3, 0.4) is 0 Å². The van der Waals surface area contributed by atoms with Crippen LogP contribution in [0.1, 0.15) is 24.0 Å². The molecular formula is C25H30N4O5S. The summed E-state index contributed by atoms with van der Waals surface area (Å²) in [6.07, 6.45) is 1.92. The lowest BCUT2D eigenvalue weighted by Gasteiger charge is -2.23. The third kappa shape index (κ3) is 6.67. The number of nitrogens with one attached hydrogen (secondary N) is 1. The molecule has 2 aliphatic heterocycles. The SMILES string of the molecule is COc1ccc(C2=NN(Cc3cccc(NC(=O)OCCN4CCCC4)c3)C(=O)SC2)cc1OC. The number of hydrogen-bond acceptors (Lipinski definition) is 8. The molecule has 0 radical (unpaired) electrons. The number of benzene rings is 2. The molecule has 35 heavy (non-hydrogen) atoms. The summed E-state index contributed by atoms with van der Waals surface area (Å²) in [6, 6.07) is 12.9. The Morgan fingerprint density at radius 2 is 1.89 bits per heavy atom. The number of carbonyl (C=O) groups excluding carboxylic acids is 2. The molecule has 2 heterocycles. The van der Waals surface area contributed by atoms with E-state index in [0.717, 1.165) is 36.5 Å². The van der Waals surface area contributed by atoms with Gasteiger partial charge in [0.15, 0.2) is 11.5 Å². The molecule has 0 bridgehead atoms. The molecule has 0 unspecified atom stereocenters. The fourth-order valence-electron chi connectivity index (χ4n) is 4.02. The molecule has 186 valence electrons. The van der Waals surface area contributed by atoms with Crippen LogP contribution in [0.25, 0.3) is 0 Å². The van der Waals surface area contributed by atoms with Crippen molar-refractivity contribution in [2.45, 2.75) is 19.4 Å². The van der Waals surface area contributed by atoms with Gasteiger partial charge in [0.1, 0.15) is 6.61 Å². The summed E-state index contributed by atoms with van der Waals surface area (Å²) in [5.74, 6) is 1.70. The van der Waals surface area contributed by atoms with Crippen LogP contribution in [0.4, 0.5) is 15.3 Å². The molecule has 0 aromatic heterocycles. The Bertz CT molecular complexity index is 1090. The van der Waals surface area contributed by atoms with Crippen molar-refractivity contribution < 1.29 is 23.8 Å². The van der Waals surface area contributed by atoms with Crippen molar-refractivity contribution in [3.05, 3.63) is 53.6 Å². The van der Waals surface area contributed by atoms with Crippen LogP contribution >= 0.6 is 11.8 Å². The zero-order chi connectivity index (χ0) is 24.6. The van der Waals surface area contributed by atoms with Gasteiger partial charge in [-0.3, -0.25) is 15.0 Å². The lowest BCUT2D eigenvalue weighted by molar-refractivity contribution is 0.146. The van der Waals surface area contributed by atoms with Crippen molar-refractivity contribution in [3.8, 4) is 11.5 Å². The Morgan fingerprint density at radius 1 is 1.09 bits per heavy atom. The van der Waals surface area contributed by atoms with Gasteiger partial charge >= 0.3 is 11.3 Å². The third-order valence-electron chi connectivity index (χ3n) is 5.85. The van der Waals surface area contributed by atoms with Gasteiger partial charge in [-0.2, -0.15) is 5.10 Å². The number of amides is 2. The molecule has 0 aliphatic carbocycles. The van der Waals surface area contributed by atoms with E-state index in [2.05, 4.69) is 15.3 Å². The first kappa shape index (κ1) is 24.9. The second kappa shape index (κ2) is 11.9. The molecule has 9 nitrogen and oxygen atoms in total. The Labute approximate surface area is 209 Å². The van der Waals surface area contributed by atoms with E-state index in [1.807, 2.05) is 36.4 Å². The highest BCUT2D eigenvalue weighted by molar-refractivity contribution is 8.14. The number of rotatable bonds is 9. The Hall–Kier alpha value is -3.24. The first-order valence-corrected chi connectivity index (χ1v) is 12.5. The van der Waals surface area contributed by atoms with Gasteiger partial charge < -0.3 is 14.2 Å². The van der Waals surface area contributed by atoms with Crippen LogP contribution in [-0.2, 0) is 11.3 Å². The summed E-state index contributed by atoms with van der Waals surface area (Å²) in [6.45, 7) is 3.52. The predicted octanol–water partition coefficient (Wildman–Crippen LogP) is 4.42. The van der Waals surface area contributed by atoms with E-state index in [0.29, 0.717) is 29.5 Å². The van der Waals surface area contributed by atoms with Crippen LogP contribution in [0.15, 0.2) is 47.6 Å². The molecule has 0 atom stereocenters. The molecule has 2 amide bonds. The largest absolute Gasteiger partial charge is 0.493 e. The normalized spacial score (nSPS) is 16.1. The highest BCUT2D eigenvalue weighted by atomic mass is 32.2. The number of ether oxygens (including phenoxy) is 3. The minimum atomic E-state index is -0.486. The van der Waals surface area contributed by atoms with Crippen LogP contribution in [0, 0.1) is 0 Å². The van der Waals surface area contributed by atoms with Gasteiger partial charge in [0, 0.05) is 23.5 Å². The Kier molecular flexibility index (Phi) is 8.49. The van der Waals surface area contributed by atoms with Crippen molar-refractivity contribution in [1.82, 2.24) is 9.91 Å². The van der Waals surface area contributed by atoms with Gasteiger partial charge in [-0.15, -0.1) is 0 Å². The van der Waals surface area contributed by atoms with E-state index >= 15 is 0 Å². The smallest absolute Gasteiger partial charge is 0.411 e. The van der Waals surface area contributed by atoms with E-state index in [-0.39, 0.29) is 11.8 Å². The number of anilines is 1. The van der Waals surface area contributed by atoms with Gasteiger partial charge in [0.2, 0.25) is 0 Å². The number of thioether (sulfide) groups is 1. The molecule has 0 saturated carbocycles. The first-order chi connectivity index (χ1) is 17.1. The number of carbonyl (C=O) groups is 2. The quantitative estimate of drug-likeness (QED) is 0.547. The predicted molar refractivity (Wildman–Crippen MR) is 137 cm³/mol. The number of hydrogen-bond donors (Lipinski definition) is 1. The van der Waals surface area contributed by atoms with Crippen LogP contribution < -0.4 is 14.8 Å². The monoisotopic (exact) mass is 498 g/mol. The molecule has 1 saturated heterocycles. The number of nitrogens with zero attached hydrogens (tertiary/aromatic N) is 3. The molecule has 2 aromatic carbocycles. The minimum absolute atomic E-state index is 0.131. The second-order valence-electron chi connectivity index (χ2n) is 8.24. The van der Waals surface area contributed by atoms with Crippen molar-refractivity contribution >= 4 is 34.5 Å². The summed E-state index contributed by atoms with van der Waals surface area (Å²) >= 11 is 1.20. The average molecular weight is 499 g/mol. The topological polar surface area (TPSA) is 92.7 Å². The molecule has 1 fully saturated rings. The molecule has 10 heteroatoms. The minimum Gasteiger partial charge on any atom is -0.493 e. The van der Waals surface area contributed by atoms with Crippen molar-refractivity contribution in [2.24, 2.45) is 5.10 Å². The third-order valence-corrected chi connectivity index (χ3v) is 6.72. The highest BCUT2D eigenvalue weighted by Crippen LogP contribution is 2.30. The van der Waals surface area contributed by atoms with E-state index in [1.165, 1.54) is 29.6 Å². The molecule has 1 N–H and O–H groups in total. The van der Waals surface area contributed by atoms with E-state index in [1.54, 1.807) is 20.3 Å². The van der Waals surface area contributed by atoms with Gasteiger partial charge in [0.05, 0.1) is 26.5 Å². The number of methoxy groups -OCH3 is 2. The average Bonchev–Trinajstić information content (AvgIpc) is 3.39. The summed E-state index contributed by atoms with van der Waals surface area (Å²) in [5.41, 5.74) is 3.08. The first-order valence-electron chi connectivity index (χ1n) is 11.5. The van der Waals surface area contributed by atoms with E-state index in [9.17, 15) is 9.59 Å². The summed E-state index contributed by atoms with van der Waals surface area (Å²) in [5, 5.41) is 8.67. The lowest BCUT2D eigenvalue weighted by Crippen LogP contribution is -2.29. The summed E-state index contributed by atoms with van der Waals surface area (Å²) < 4.78 is 16.0. The fourth-order valence-corrected chi connectivity index (χ4v) is 4.76. The van der Waals surface area contributed by atoms with E-state index < -0.39 is 6.09 Å². The van der Waals surface area contributed by atoms with Gasteiger partial charge in [0.25, 0.3) is 0 Å². The van der Waals surface area contributed by atoms with Gasteiger partial charge in [-0.05, 0) is 61.8 Å². The zero-order valence-corrected chi connectivity index (χ0v) is 20.8. The van der Waals surface area contributed by atoms with Crippen LogP contribution in [-0.4, -0.2) is 73.2 Å². The van der Waals surface area contributed by atoms with Crippen LogP contribution in [0.2, 0.25) is 0 Å². The standard InChI is InChI=1S/C25H30N4O5S/c1-32-22-9-8-19(15-23(22)33-2)21-17-35-25(31)29(27-21)16-18-6-5-7-20(14-18)26-24(30)34-13-12-28-10-3-4-11-28/h5-9,14-15H,3-4,10-13,16-17H2,1-2H3,(H,26,30). The molecule has 2 aromatic rings. The number of likely N-dealkylation sites (tertiary alicyclic amines) is 1. The maximum Gasteiger partial charge on any atom is 0.411 e. The molecule has 4 rings (SSSR count). The summed E-state index contributed by atoms with van der Waals surface area (Å²) in [4.78, 5) is 27.0. The number of hydrazone groups is 1. The van der Waals surface area contributed by atoms with Crippen molar-refractivity contribution in [2.75, 3.05) is 51.5 Å². The van der Waals surface area contributed by atoms with Gasteiger partial charge in [-0.25, -0.2) is 9.80 Å². The highest BCUT2D eigenvalue weighted by Gasteiger charge is 2.23. The molecular weight excluding hydrogens is 468 g/mol. The lowest BCUT2D eigenvalue weighted by atomic mass is 10.1. The fraction of sp³-hybridized carbons (Fsp3) is 0.400. The van der Waals surface area contributed by atoms with Crippen LogP contribution in [0.5, 0.6) is 11.5 Å². The zero-order valence-electron chi connectivity index (χ0n) is 20.0. The van der Waals surface area contributed by atoms with Gasteiger partial charge in [-0.1, -0.05) is 23.9 Å². The van der Waals surface area contributed by atoms with Crippen molar-refractivity contribution in [1.29, 1.82) is 0 Å². The molecule has 2 aliphatic rings.